The van der Waals surface area contributed by atoms with E-state index in [9.17, 15) is 14.3 Å². The average Bonchev–Trinajstić information content (AvgIpc) is 3.71. The summed E-state index contributed by atoms with van der Waals surface area (Å²) in [5, 5.41) is 17.1. The summed E-state index contributed by atoms with van der Waals surface area (Å²) in [6, 6.07) is 13.2. The zero-order valence-corrected chi connectivity index (χ0v) is 26.8. The molecule has 242 valence electrons. The van der Waals surface area contributed by atoms with Crippen LogP contribution in [0.15, 0.2) is 66.6 Å². The number of hydrogen-bond donors (Lipinski definition) is 1. The van der Waals surface area contributed by atoms with Gasteiger partial charge in [-0.1, -0.05) is 6.58 Å². The number of hydrogen-bond acceptors (Lipinski definition) is 8. The molecule has 1 N–H and O–H groups in total. The van der Waals surface area contributed by atoms with Gasteiger partial charge in [0.15, 0.2) is 0 Å². The van der Waals surface area contributed by atoms with Crippen molar-refractivity contribution in [1.29, 1.82) is 0 Å². The fourth-order valence-electron chi connectivity index (χ4n) is 6.36. The van der Waals surface area contributed by atoms with Gasteiger partial charge < -0.3 is 19.5 Å². The third-order valence-electron chi connectivity index (χ3n) is 8.65. The molecule has 7 rings (SSSR count). The van der Waals surface area contributed by atoms with Gasteiger partial charge in [0.1, 0.15) is 47.2 Å². The van der Waals surface area contributed by atoms with Crippen LogP contribution in [-0.4, -0.2) is 81.6 Å². The number of carbonyl (C=O) groups excluding carboxylic acids is 1. The van der Waals surface area contributed by atoms with Crippen LogP contribution in [-0.2, 0) is 11.3 Å². The molecule has 0 bridgehead atoms. The molecule has 2 aromatic carbocycles. The quantitative estimate of drug-likeness (QED) is 0.197. The van der Waals surface area contributed by atoms with E-state index in [1.165, 1.54) is 17.4 Å². The average molecular weight is 658 g/mol. The lowest BCUT2D eigenvalue weighted by Gasteiger charge is -2.36. The molecule has 47 heavy (non-hydrogen) atoms. The van der Waals surface area contributed by atoms with Gasteiger partial charge in [0.2, 0.25) is 5.91 Å². The number of aliphatic hydroxyl groups excluding tert-OH is 1. The lowest BCUT2D eigenvalue weighted by molar-refractivity contribution is -0.129. The molecule has 3 aromatic heterocycles. The fourth-order valence-corrected chi connectivity index (χ4v) is 7.31. The van der Waals surface area contributed by atoms with Crippen LogP contribution in [0.3, 0.4) is 0 Å². The van der Waals surface area contributed by atoms with Crippen LogP contribution in [0.25, 0.3) is 43.9 Å². The van der Waals surface area contributed by atoms with Gasteiger partial charge in [-0.15, -0.1) is 11.3 Å². The Labute approximate surface area is 274 Å². The van der Waals surface area contributed by atoms with Crippen LogP contribution in [0.5, 0.6) is 11.5 Å². The van der Waals surface area contributed by atoms with E-state index in [1.54, 1.807) is 4.90 Å². The smallest absolute Gasteiger partial charge is 0.246 e. The minimum absolute atomic E-state index is 0.0260. The number of aliphatic hydroxyl groups is 1. The van der Waals surface area contributed by atoms with Crippen molar-refractivity contribution in [2.24, 2.45) is 0 Å². The lowest BCUT2D eigenvalue weighted by atomic mass is 9.96. The maximum Gasteiger partial charge on any atom is 0.246 e. The summed E-state index contributed by atoms with van der Waals surface area (Å²) in [7, 11) is 2.05. The van der Waals surface area contributed by atoms with Gasteiger partial charge in [-0.3, -0.25) is 14.4 Å². The second-order valence-corrected chi connectivity index (χ2v) is 12.7. The summed E-state index contributed by atoms with van der Waals surface area (Å²) in [6.45, 7) is 7.73. The number of thiophene rings is 1. The molecule has 2 aliphatic rings. The fraction of sp³-hybridized carbons (Fsp3) is 0.286. The Kier molecular flexibility index (Phi) is 8.25. The number of benzene rings is 2. The highest BCUT2D eigenvalue weighted by Crippen LogP contribution is 2.47. The molecule has 9 nitrogen and oxygen atoms in total. The lowest BCUT2D eigenvalue weighted by Crippen LogP contribution is -2.51. The van der Waals surface area contributed by atoms with Crippen molar-refractivity contribution in [3.05, 3.63) is 83.9 Å². The molecule has 0 spiro atoms. The van der Waals surface area contributed by atoms with Gasteiger partial charge in [-0.25, -0.2) is 13.8 Å². The summed E-state index contributed by atoms with van der Waals surface area (Å²) in [4.78, 5) is 21.7. The first-order chi connectivity index (χ1) is 22.7. The van der Waals surface area contributed by atoms with Crippen LogP contribution >= 0.6 is 11.3 Å². The molecule has 1 saturated heterocycles. The molecule has 0 aliphatic carbocycles. The number of ether oxygens (including phenoxy) is 2. The van der Waals surface area contributed by atoms with Crippen LogP contribution in [0.2, 0.25) is 0 Å². The highest BCUT2D eigenvalue weighted by atomic mass is 32.1. The van der Waals surface area contributed by atoms with E-state index in [2.05, 4.69) is 18.5 Å². The Balaban J connectivity index is 1.42. The molecule has 2 aliphatic heterocycles. The van der Waals surface area contributed by atoms with Crippen molar-refractivity contribution in [2.45, 2.75) is 25.6 Å². The number of pyridine rings is 1. The number of likely N-dealkylation sites (tertiary alicyclic amines) is 1. The van der Waals surface area contributed by atoms with Crippen molar-refractivity contribution in [2.75, 3.05) is 39.9 Å². The van der Waals surface area contributed by atoms with Crippen LogP contribution < -0.4 is 9.47 Å². The van der Waals surface area contributed by atoms with Gasteiger partial charge in [-0.05, 0) is 61.8 Å². The number of likely N-dealkylation sites (N-methyl/N-ethyl adjacent to an activating group) is 1. The predicted molar refractivity (Wildman–Crippen MR) is 176 cm³/mol. The maximum absolute atomic E-state index is 16.0. The SMILES string of the molecule is C=CC(=O)N1CCn2nc(-c3nc(-c4ccc(OC5CN(C)C5)cc4)c4ccsc4c3-c3c(F)cc(F)cc3OCCO)cc2[C@H]1C. The van der Waals surface area contributed by atoms with Crippen molar-refractivity contribution >= 4 is 27.3 Å². The molecule has 5 heterocycles. The standard InChI is InChI=1S/C35H33F2N5O4S/c1-4-30(44)41-10-11-42-28(20(41)2)17-27(39-42)34-32(31-26(37)15-22(36)16-29(31)45-13-12-43)35-25(9-14-47-35)33(38-34)21-5-7-23(8-6-21)46-24-18-40(3)19-24/h4-9,14-17,20,24,43H,1,10-13,18-19H2,2-3H3/t20-/m1/s1. The molecular weight excluding hydrogens is 624 g/mol. The van der Waals surface area contributed by atoms with Gasteiger partial charge in [0.25, 0.3) is 0 Å². The Hall–Kier alpha value is -4.65. The number of fused-ring (bicyclic) bond motifs is 2. The van der Waals surface area contributed by atoms with E-state index in [1.807, 2.05) is 53.4 Å². The Morgan fingerprint density at radius 3 is 2.62 bits per heavy atom. The number of halogens is 2. The first-order valence-corrected chi connectivity index (χ1v) is 16.2. The first-order valence-electron chi connectivity index (χ1n) is 15.4. The van der Waals surface area contributed by atoms with E-state index >= 15 is 4.39 Å². The van der Waals surface area contributed by atoms with Gasteiger partial charge in [0, 0.05) is 53.0 Å². The molecule has 12 heteroatoms. The van der Waals surface area contributed by atoms with Crippen molar-refractivity contribution < 1.29 is 28.2 Å². The predicted octanol–water partition coefficient (Wildman–Crippen LogP) is 5.93. The third-order valence-corrected chi connectivity index (χ3v) is 9.58. The minimum atomic E-state index is -0.827. The second-order valence-electron chi connectivity index (χ2n) is 11.8. The molecule has 1 fully saturated rings. The van der Waals surface area contributed by atoms with Gasteiger partial charge in [0.05, 0.1) is 36.1 Å². The summed E-state index contributed by atoms with van der Waals surface area (Å²) < 4.78 is 44.8. The van der Waals surface area contributed by atoms with Crippen LogP contribution in [0, 0.1) is 11.6 Å². The van der Waals surface area contributed by atoms with Crippen LogP contribution in [0.4, 0.5) is 8.78 Å². The van der Waals surface area contributed by atoms with Crippen molar-refractivity contribution in [1.82, 2.24) is 24.6 Å². The normalized spacial score (nSPS) is 16.6. The topological polar surface area (TPSA) is 93.0 Å². The molecule has 0 radical (unpaired) electrons. The number of aromatic nitrogens is 3. The third kappa shape index (κ3) is 5.66. The summed E-state index contributed by atoms with van der Waals surface area (Å²) in [5.41, 5.74) is 3.56. The second kappa shape index (κ2) is 12.5. The minimum Gasteiger partial charge on any atom is -0.490 e. The summed E-state index contributed by atoms with van der Waals surface area (Å²) >= 11 is 1.40. The Morgan fingerprint density at radius 1 is 1.11 bits per heavy atom. The molecule has 0 saturated carbocycles. The van der Waals surface area contributed by atoms with E-state index < -0.39 is 11.6 Å². The molecular formula is C35H33F2N5O4S. The highest BCUT2D eigenvalue weighted by Gasteiger charge is 2.31. The van der Waals surface area contributed by atoms with E-state index in [0.717, 1.165) is 47.6 Å². The molecule has 1 amide bonds. The zero-order chi connectivity index (χ0) is 32.8. The summed E-state index contributed by atoms with van der Waals surface area (Å²) in [5.74, 6) is -1.10. The van der Waals surface area contributed by atoms with Crippen molar-refractivity contribution in [3.8, 4) is 45.3 Å². The van der Waals surface area contributed by atoms with E-state index in [-0.39, 0.29) is 42.6 Å². The number of rotatable bonds is 9. The van der Waals surface area contributed by atoms with Gasteiger partial charge in [-0.2, -0.15) is 5.10 Å². The monoisotopic (exact) mass is 657 g/mol. The van der Waals surface area contributed by atoms with E-state index in [4.69, 9.17) is 19.6 Å². The number of amides is 1. The van der Waals surface area contributed by atoms with Crippen LogP contribution in [0.1, 0.15) is 18.7 Å². The Morgan fingerprint density at radius 2 is 1.89 bits per heavy atom. The first kappa shape index (κ1) is 31.0. The van der Waals surface area contributed by atoms with E-state index in [0.29, 0.717) is 40.4 Å². The molecule has 5 aromatic rings. The van der Waals surface area contributed by atoms with Gasteiger partial charge >= 0.3 is 0 Å². The summed E-state index contributed by atoms with van der Waals surface area (Å²) in [6.07, 6.45) is 1.45. The molecule has 1 atom stereocenters. The zero-order valence-electron chi connectivity index (χ0n) is 26.0. The largest absolute Gasteiger partial charge is 0.490 e. The van der Waals surface area contributed by atoms with Crippen molar-refractivity contribution in [3.63, 3.8) is 0 Å². The maximum atomic E-state index is 16.0. The number of nitrogens with zero attached hydrogens (tertiary/aromatic N) is 5. The molecule has 0 unspecified atom stereocenters. The Bertz CT molecular complexity index is 1990. The number of carbonyl (C=O) groups is 1. The highest BCUT2D eigenvalue weighted by molar-refractivity contribution is 7.18.